The van der Waals surface area contributed by atoms with Crippen molar-refractivity contribution in [1.29, 1.82) is 0 Å². The van der Waals surface area contributed by atoms with Gasteiger partial charge in [0.1, 0.15) is 0 Å². The van der Waals surface area contributed by atoms with E-state index in [1.807, 2.05) is 31.2 Å². The van der Waals surface area contributed by atoms with Crippen LogP contribution in [0.5, 0.6) is 0 Å². The number of nitrogens with one attached hydrogen (secondary N) is 2. The Labute approximate surface area is 213 Å². The van der Waals surface area contributed by atoms with Gasteiger partial charge in [0.2, 0.25) is 10.0 Å². The first kappa shape index (κ1) is 27.8. The van der Waals surface area contributed by atoms with Gasteiger partial charge in [-0.05, 0) is 60.2 Å². The molecule has 3 aromatic carbocycles. The Balaban J connectivity index is 0.00000204. The summed E-state index contributed by atoms with van der Waals surface area (Å²) >= 11 is 0. The summed E-state index contributed by atoms with van der Waals surface area (Å²) in [7, 11) is -3.58. The highest BCUT2D eigenvalue weighted by Gasteiger charge is 2.17. The van der Waals surface area contributed by atoms with Gasteiger partial charge < -0.3 is 5.32 Å². The first-order valence-electron chi connectivity index (χ1n) is 10.7. The molecule has 1 atom stereocenters. The first-order valence-corrected chi connectivity index (χ1v) is 12.2. The molecule has 0 aliphatic rings. The lowest BCUT2D eigenvalue weighted by atomic mass is 10.0. The van der Waals surface area contributed by atoms with Crippen LogP contribution >= 0.6 is 24.8 Å². The quantitative estimate of drug-likeness (QED) is 0.297. The van der Waals surface area contributed by atoms with E-state index >= 15 is 0 Å². The van der Waals surface area contributed by atoms with Crippen molar-refractivity contribution in [2.45, 2.75) is 24.3 Å². The minimum atomic E-state index is -3.58. The molecule has 1 aromatic heterocycles. The van der Waals surface area contributed by atoms with Gasteiger partial charge in [-0.1, -0.05) is 60.7 Å². The second-order valence-corrected chi connectivity index (χ2v) is 9.64. The standard InChI is InChI=1S/C26H27N3O2S.2ClH/c1-20(29-32(30,31)26-12-11-25-19-28-16-14-24(25)17-26)18-27-15-13-21-7-9-23(10-8-21)22-5-3-2-4-6-22;;/h2-12,14,16-17,19-20,27,29H,13,15,18H2,1H3;2*1H. The second kappa shape index (κ2) is 12.8. The van der Waals surface area contributed by atoms with Gasteiger partial charge in [0.05, 0.1) is 4.90 Å². The molecular formula is C26H29Cl2N3O2S. The van der Waals surface area contributed by atoms with Crippen LogP contribution in [0, 0.1) is 0 Å². The molecular weight excluding hydrogens is 489 g/mol. The molecule has 0 saturated heterocycles. The van der Waals surface area contributed by atoms with E-state index in [0.717, 1.165) is 23.7 Å². The van der Waals surface area contributed by atoms with E-state index in [2.05, 4.69) is 51.4 Å². The molecule has 0 aliphatic heterocycles. The molecule has 8 heteroatoms. The van der Waals surface area contributed by atoms with E-state index in [0.29, 0.717) is 6.54 Å². The van der Waals surface area contributed by atoms with Crippen LogP contribution in [0.1, 0.15) is 12.5 Å². The SMILES string of the molecule is CC(CNCCc1ccc(-c2ccccc2)cc1)NS(=O)(=O)c1ccc2cnccc2c1.Cl.Cl. The third kappa shape index (κ3) is 7.26. The Kier molecular flexibility index (Phi) is 10.5. The highest BCUT2D eigenvalue weighted by molar-refractivity contribution is 7.89. The maximum atomic E-state index is 12.7. The van der Waals surface area contributed by atoms with E-state index < -0.39 is 10.0 Å². The number of nitrogens with zero attached hydrogens (tertiary/aromatic N) is 1. The van der Waals surface area contributed by atoms with Crippen LogP contribution < -0.4 is 10.0 Å². The van der Waals surface area contributed by atoms with Gasteiger partial charge in [0, 0.05) is 30.4 Å². The number of hydrogen-bond acceptors (Lipinski definition) is 4. The smallest absolute Gasteiger partial charge is 0.240 e. The summed E-state index contributed by atoms with van der Waals surface area (Å²) < 4.78 is 28.2. The maximum Gasteiger partial charge on any atom is 0.240 e. The summed E-state index contributed by atoms with van der Waals surface area (Å²) in [5.41, 5.74) is 3.66. The molecule has 1 unspecified atom stereocenters. The average molecular weight is 519 g/mol. The number of sulfonamides is 1. The second-order valence-electron chi connectivity index (χ2n) is 7.92. The molecule has 1 heterocycles. The lowest BCUT2D eigenvalue weighted by Gasteiger charge is -2.15. The summed E-state index contributed by atoms with van der Waals surface area (Å²) in [6.45, 7) is 3.20. The molecule has 0 bridgehead atoms. The monoisotopic (exact) mass is 517 g/mol. The van der Waals surface area contributed by atoms with Gasteiger partial charge in [0.15, 0.2) is 0 Å². The fourth-order valence-electron chi connectivity index (χ4n) is 3.65. The molecule has 180 valence electrons. The van der Waals surface area contributed by atoms with Crippen molar-refractivity contribution in [3.63, 3.8) is 0 Å². The molecule has 0 aliphatic carbocycles. The Hall–Kier alpha value is -2.48. The van der Waals surface area contributed by atoms with Crippen molar-refractivity contribution >= 4 is 45.6 Å². The molecule has 4 rings (SSSR count). The summed E-state index contributed by atoms with van der Waals surface area (Å²) in [5, 5.41) is 5.12. The van der Waals surface area contributed by atoms with Crippen LogP contribution in [0.4, 0.5) is 0 Å². The van der Waals surface area contributed by atoms with Gasteiger partial charge >= 0.3 is 0 Å². The van der Waals surface area contributed by atoms with Crippen LogP contribution in [0.15, 0.2) is 96.2 Å². The molecule has 4 aromatic rings. The lowest BCUT2D eigenvalue weighted by Crippen LogP contribution is -2.40. The van der Waals surface area contributed by atoms with E-state index in [1.54, 1.807) is 30.6 Å². The third-order valence-electron chi connectivity index (χ3n) is 5.38. The molecule has 0 radical (unpaired) electrons. The van der Waals surface area contributed by atoms with Crippen molar-refractivity contribution in [3.05, 3.63) is 96.8 Å². The van der Waals surface area contributed by atoms with Crippen LogP contribution in [0.2, 0.25) is 0 Å². The Morgan fingerprint density at radius 3 is 2.29 bits per heavy atom. The summed E-state index contributed by atoms with van der Waals surface area (Å²) in [4.78, 5) is 4.33. The zero-order chi connectivity index (χ0) is 22.4. The highest BCUT2D eigenvalue weighted by Crippen LogP contribution is 2.20. The van der Waals surface area contributed by atoms with Crippen LogP contribution in [-0.2, 0) is 16.4 Å². The van der Waals surface area contributed by atoms with Crippen molar-refractivity contribution in [3.8, 4) is 11.1 Å². The Morgan fingerprint density at radius 1 is 0.853 bits per heavy atom. The fraction of sp³-hybridized carbons (Fsp3) is 0.192. The van der Waals surface area contributed by atoms with Gasteiger partial charge in [0.25, 0.3) is 0 Å². The average Bonchev–Trinajstić information content (AvgIpc) is 2.82. The number of pyridine rings is 1. The number of benzene rings is 3. The Bertz CT molecular complexity index is 1280. The van der Waals surface area contributed by atoms with Crippen molar-refractivity contribution < 1.29 is 8.42 Å². The van der Waals surface area contributed by atoms with Crippen LogP contribution in [0.25, 0.3) is 21.9 Å². The molecule has 0 fully saturated rings. The van der Waals surface area contributed by atoms with Crippen molar-refractivity contribution in [2.75, 3.05) is 13.1 Å². The first-order chi connectivity index (χ1) is 15.5. The lowest BCUT2D eigenvalue weighted by molar-refractivity contribution is 0.537. The zero-order valence-electron chi connectivity index (χ0n) is 18.8. The van der Waals surface area contributed by atoms with Crippen molar-refractivity contribution in [2.24, 2.45) is 0 Å². The zero-order valence-corrected chi connectivity index (χ0v) is 21.3. The number of halogens is 2. The Morgan fingerprint density at radius 2 is 1.56 bits per heavy atom. The van der Waals surface area contributed by atoms with E-state index in [-0.39, 0.29) is 35.8 Å². The maximum absolute atomic E-state index is 12.7. The van der Waals surface area contributed by atoms with E-state index in [1.165, 1.54) is 16.7 Å². The van der Waals surface area contributed by atoms with Gasteiger partial charge in [-0.3, -0.25) is 4.98 Å². The third-order valence-corrected chi connectivity index (χ3v) is 6.97. The van der Waals surface area contributed by atoms with Gasteiger partial charge in [-0.2, -0.15) is 0 Å². The number of rotatable bonds is 9. The van der Waals surface area contributed by atoms with E-state index in [9.17, 15) is 8.42 Å². The topological polar surface area (TPSA) is 71.1 Å². The molecule has 2 N–H and O–H groups in total. The number of hydrogen-bond donors (Lipinski definition) is 2. The van der Waals surface area contributed by atoms with Crippen LogP contribution in [0.3, 0.4) is 0 Å². The highest BCUT2D eigenvalue weighted by atomic mass is 35.5. The van der Waals surface area contributed by atoms with Crippen LogP contribution in [-0.4, -0.2) is 32.5 Å². The normalized spacial score (nSPS) is 11.9. The number of aromatic nitrogens is 1. The minimum absolute atomic E-state index is 0. The molecule has 0 spiro atoms. The summed E-state index contributed by atoms with van der Waals surface area (Å²) in [5.74, 6) is 0. The predicted octanol–water partition coefficient (Wildman–Crippen LogP) is 5.24. The molecule has 34 heavy (non-hydrogen) atoms. The molecule has 5 nitrogen and oxygen atoms in total. The largest absolute Gasteiger partial charge is 0.315 e. The van der Waals surface area contributed by atoms with E-state index in [4.69, 9.17) is 0 Å². The minimum Gasteiger partial charge on any atom is -0.315 e. The van der Waals surface area contributed by atoms with Gasteiger partial charge in [-0.25, -0.2) is 13.1 Å². The molecule has 0 saturated carbocycles. The summed E-state index contributed by atoms with van der Waals surface area (Å²) in [6, 6.07) is 25.5. The number of fused-ring (bicyclic) bond motifs is 1. The predicted molar refractivity (Wildman–Crippen MR) is 144 cm³/mol. The summed E-state index contributed by atoms with van der Waals surface area (Å²) in [6.07, 6.45) is 4.27. The molecule has 0 amide bonds. The van der Waals surface area contributed by atoms with Gasteiger partial charge in [-0.15, -0.1) is 24.8 Å². The van der Waals surface area contributed by atoms with Crippen molar-refractivity contribution in [1.82, 2.24) is 15.0 Å². The fourth-order valence-corrected chi connectivity index (χ4v) is 4.93.